The minimum Gasteiger partial charge on any atom is -0.325 e. The first-order valence-corrected chi connectivity index (χ1v) is 10.5. The number of rotatable bonds is 3. The van der Waals surface area contributed by atoms with Crippen molar-refractivity contribution in [3.05, 3.63) is 53.6 Å². The van der Waals surface area contributed by atoms with E-state index in [4.69, 9.17) is 0 Å². The summed E-state index contributed by atoms with van der Waals surface area (Å²) in [6.07, 6.45) is -0.194. The van der Waals surface area contributed by atoms with Crippen molar-refractivity contribution < 1.29 is 18.0 Å². The topological polar surface area (TPSA) is 83.6 Å². The van der Waals surface area contributed by atoms with Crippen LogP contribution < -0.4 is 10.2 Å². The smallest absolute Gasteiger partial charge is 0.244 e. The molecule has 0 atom stereocenters. The zero-order chi connectivity index (χ0) is 20.7. The predicted molar refractivity (Wildman–Crippen MR) is 109 cm³/mol. The van der Waals surface area contributed by atoms with Gasteiger partial charge in [-0.2, -0.15) is 0 Å². The van der Waals surface area contributed by atoms with Gasteiger partial charge in [-0.25, -0.2) is 8.42 Å². The van der Waals surface area contributed by atoms with E-state index in [0.717, 1.165) is 11.1 Å². The number of carbonyl (C=O) groups is 2. The number of hydrogen-bond acceptors (Lipinski definition) is 4. The molecule has 0 radical (unpaired) electrons. The number of aryl methyl sites for hydroxylation is 2. The van der Waals surface area contributed by atoms with Gasteiger partial charge < -0.3 is 10.2 Å². The number of fused-ring (bicyclic) bond motifs is 1. The molecule has 0 bridgehead atoms. The molecule has 0 saturated carbocycles. The fourth-order valence-corrected chi connectivity index (χ4v) is 4.85. The molecule has 1 aliphatic rings. The Bertz CT molecular complexity index is 1060. The Morgan fingerprint density at radius 2 is 1.79 bits per heavy atom. The van der Waals surface area contributed by atoms with Gasteiger partial charge in [0.2, 0.25) is 11.8 Å². The zero-order valence-electron chi connectivity index (χ0n) is 16.4. The second kappa shape index (κ2) is 7.05. The molecule has 2 amide bonds. The average molecular weight is 401 g/mol. The van der Waals surface area contributed by atoms with E-state index in [0.29, 0.717) is 5.69 Å². The fourth-order valence-electron chi connectivity index (χ4n) is 3.23. The predicted octanol–water partition coefficient (Wildman–Crippen LogP) is 3.23. The van der Waals surface area contributed by atoms with Gasteiger partial charge in [-0.05, 0) is 63.1 Å². The molecule has 1 heterocycles. The quantitative estimate of drug-likeness (QED) is 0.857. The molecule has 7 heteroatoms. The molecule has 0 spiro atoms. The summed E-state index contributed by atoms with van der Waals surface area (Å²) >= 11 is 0. The number of para-hydroxylation sites is 1. The van der Waals surface area contributed by atoms with E-state index >= 15 is 0 Å². The molecular formula is C21H24N2O4S. The summed E-state index contributed by atoms with van der Waals surface area (Å²) in [6.45, 7) is 6.75. The molecule has 0 fully saturated rings. The second-order valence-electron chi connectivity index (χ2n) is 7.73. The van der Waals surface area contributed by atoms with Gasteiger partial charge in [0, 0.05) is 12.1 Å². The molecule has 2 aromatic carbocycles. The van der Waals surface area contributed by atoms with Gasteiger partial charge in [0.15, 0.2) is 9.84 Å². The Hall–Kier alpha value is -2.67. The van der Waals surface area contributed by atoms with E-state index in [1.807, 2.05) is 26.0 Å². The first kappa shape index (κ1) is 20.1. The summed E-state index contributed by atoms with van der Waals surface area (Å²) in [7, 11) is -3.72. The van der Waals surface area contributed by atoms with Gasteiger partial charge in [0.1, 0.15) is 6.54 Å². The number of nitrogens with one attached hydrogen (secondary N) is 1. The highest BCUT2D eigenvalue weighted by Gasteiger charge is 2.44. The molecule has 2 aromatic rings. The van der Waals surface area contributed by atoms with Crippen LogP contribution in [-0.2, 0) is 19.4 Å². The number of benzene rings is 2. The van der Waals surface area contributed by atoms with Crippen LogP contribution in [-0.4, -0.2) is 31.5 Å². The van der Waals surface area contributed by atoms with Crippen LogP contribution in [0, 0.1) is 13.8 Å². The van der Waals surface area contributed by atoms with Gasteiger partial charge >= 0.3 is 0 Å². The highest BCUT2D eigenvalue weighted by Crippen LogP contribution is 2.38. The summed E-state index contributed by atoms with van der Waals surface area (Å²) in [5.74, 6) is -0.780. The third kappa shape index (κ3) is 3.54. The maximum Gasteiger partial charge on any atom is 0.244 e. The van der Waals surface area contributed by atoms with Crippen molar-refractivity contribution >= 4 is 33.0 Å². The molecular weight excluding hydrogens is 376 g/mol. The number of hydrogen-bond donors (Lipinski definition) is 1. The second-order valence-corrected chi connectivity index (χ2v) is 10.3. The first-order chi connectivity index (χ1) is 13.0. The number of anilines is 2. The first-order valence-electron chi connectivity index (χ1n) is 9.04. The number of sulfone groups is 1. The van der Waals surface area contributed by atoms with Gasteiger partial charge in [-0.15, -0.1) is 0 Å². The van der Waals surface area contributed by atoms with Crippen molar-refractivity contribution in [2.24, 2.45) is 0 Å². The van der Waals surface area contributed by atoms with Crippen molar-refractivity contribution in [2.45, 2.75) is 43.8 Å². The van der Waals surface area contributed by atoms with E-state index in [2.05, 4.69) is 5.32 Å². The Balaban J connectivity index is 1.93. The largest absolute Gasteiger partial charge is 0.325 e. The fraction of sp³-hybridized carbons (Fsp3) is 0.333. The maximum atomic E-state index is 13.0. The van der Waals surface area contributed by atoms with Crippen molar-refractivity contribution in [1.29, 1.82) is 0 Å². The summed E-state index contributed by atoms with van der Waals surface area (Å²) in [5.41, 5.74) is 3.04. The minimum atomic E-state index is -3.72. The van der Waals surface area contributed by atoms with E-state index < -0.39 is 20.5 Å². The number of carbonyl (C=O) groups excluding carboxylic acids is 2. The lowest BCUT2D eigenvalue weighted by atomic mass is 10.1. The van der Waals surface area contributed by atoms with Gasteiger partial charge in [-0.3, -0.25) is 9.59 Å². The van der Waals surface area contributed by atoms with E-state index in [1.165, 1.54) is 24.8 Å². The molecule has 0 aliphatic carbocycles. The van der Waals surface area contributed by atoms with Gasteiger partial charge in [-0.1, -0.05) is 18.2 Å². The lowest BCUT2D eigenvalue weighted by Gasteiger charge is -2.22. The average Bonchev–Trinajstić information content (AvgIpc) is 2.66. The van der Waals surface area contributed by atoms with Crippen molar-refractivity contribution in [3.63, 3.8) is 0 Å². The molecule has 148 valence electrons. The van der Waals surface area contributed by atoms with Crippen molar-refractivity contribution in [1.82, 2.24) is 0 Å². The van der Waals surface area contributed by atoms with Crippen LogP contribution in [0.1, 0.15) is 31.4 Å². The summed E-state index contributed by atoms with van der Waals surface area (Å²) < 4.78 is 24.8. The summed E-state index contributed by atoms with van der Waals surface area (Å²) in [4.78, 5) is 26.8. The van der Waals surface area contributed by atoms with Crippen molar-refractivity contribution in [3.8, 4) is 0 Å². The monoisotopic (exact) mass is 400 g/mol. The standard InChI is InChI=1S/C21H24N2O4S/c1-14-9-10-16(11-15(14)2)22-19(24)13-23-17-7-5-6-8-18(17)28(26,27)21(3,4)12-20(23)25/h5-11H,12-13H2,1-4H3,(H,22,24). The minimum absolute atomic E-state index is 0.0739. The molecule has 0 aromatic heterocycles. The van der Waals surface area contributed by atoms with E-state index in [-0.39, 0.29) is 29.5 Å². The molecule has 0 unspecified atom stereocenters. The third-order valence-corrected chi connectivity index (χ3v) is 7.67. The Morgan fingerprint density at radius 3 is 2.46 bits per heavy atom. The van der Waals surface area contributed by atoms with Gasteiger partial charge in [0.25, 0.3) is 0 Å². The molecule has 28 heavy (non-hydrogen) atoms. The lowest BCUT2D eigenvalue weighted by Crippen LogP contribution is -2.40. The Kier molecular flexibility index (Phi) is 5.06. The molecule has 1 N–H and O–H groups in total. The lowest BCUT2D eigenvalue weighted by molar-refractivity contribution is -0.121. The number of nitrogens with zero attached hydrogens (tertiary/aromatic N) is 1. The van der Waals surface area contributed by atoms with E-state index in [1.54, 1.807) is 24.3 Å². The van der Waals surface area contributed by atoms with Crippen LogP contribution in [0.2, 0.25) is 0 Å². The SMILES string of the molecule is Cc1ccc(NC(=O)CN2C(=O)CC(C)(C)S(=O)(=O)c3ccccc32)cc1C. The van der Waals surface area contributed by atoms with Crippen LogP contribution in [0.4, 0.5) is 11.4 Å². The van der Waals surface area contributed by atoms with Crippen LogP contribution in [0.25, 0.3) is 0 Å². The molecule has 1 aliphatic heterocycles. The van der Waals surface area contributed by atoms with Crippen LogP contribution >= 0.6 is 0 Å². The van der Waals surface area contributed by atoms with Crippen LogP contribution in [0.3, 0.4) is 0 Å². The molecule has 6 nitrogen and oxygen atoms in total. The Morgan fingerprint density at radius 1 is 1.11 bits per heavy atom. The van der Waals surface area contributed by atoms with Crippen LogP contribution in [0.5, 0.6) is 0 Å². The molecule has 0 saturated heterocycles. The maximum absolute atomic E-state index is 13.0. The highest BCUT2D eigenvalue weighted by molar-refractivity contribution is 7.93. The summed E-state index contributed by atoms with van der Waals surface area (Å²) in [5, 5.41) is 2.79. The zero-order valence-corrected chi connectivity index (χ0v) is 17.3. The van der Waals surface area contributed by atoms with Crippen LogP contribution in [0.15, 0.2) is 47.4 Å². The third-order valence-electron chi connectivity index (χ3n) is 5.14. The van der Waals surface area contributed by atoms with E-state index in [9.17, 15) is 18.0 Å². The Labute approximate surface area is 165 Å². The van der Waals surface area contributed by atoms with Crippen molar-refractivity contribution in [2.75, 3.05) is 16.8 Å². The highest BCUT2D eigenvalue weighted by atomic mass is 32.2. The van der Waals surface area contributed by atoms with Gasteiger partial charge in [0.05, 0.1) is 15.3 Å². The number of amides is 2. The summed E-state index contributed by atoms with van der Waals surface area (Å²) in [6, 6.07) is 11.9. The molecule has 3 rings (SSSR count). The normalized spacial score (nSPS) is 17.6.